The molecule has 2 rings (SSSR count). The van der Waals surface area contributed by atoms with Gasteiger partial charge in [0.1, 0.15) is 0 Å². The van der Waals surface area contributed by atoms with E-state index in [1.165, 1.54) is 0 Å². The van der Waals surface area contributed by atoms with Crippen molar-refractivity contribution >= 4 is 29.1 Å². The summed E-state index contributed by atoms with van der Waals surface area (Å²) in [5, 5.41) is 0. The molecule has 0 atom stereocenters. The number of hydrogen-bond acceptors (Lipinski definition) is 3. The molecule has 0 unspecified atom stereocenters. The van der Waals surface area contributed by atoms with Crippen LogP contribution < -0.4 is 4.90 Å². The molecule has 0 aliphatic carbocycles. The number of carbonyl (C=O) groups is 2. The van der Waals surface area contributed by atoms with Crippen molar-refractivity contribution in [3.8, 4) is 0 Å². The summed E-state index contributed by atoms with van der Waals surface area (Å²) in [7, 11) is 0. The van der Waals surface area contributed by atoms with Crippen molar-refractivity contribution in [2.75, 3.05) is 23.0 Å². The Hall–Kier alpha value is -1.29. The fourth-order valence-corrected chi connectivity index (χ4v) is 2.73. The summed E-state index contributed by atoms with van der Waals surface area (Å²) in [6.45, 7) is 4.68. The molecule has 96 valence electrons. The smallest absolute Gasteiger partial charge is 0.299 e. The predicted octanol–water partition coefficient (Wildman–Crippen LogP) is 2.67. The number of amides is 1. The van der Waals surface area contributed by atoms with Gasteiger partial charge >= 0.3 is 0 Å². The standard InChI is InChI=1S/C14H17NO2S/c1-3-18-8-4-7-15-12-6-5-10(2)9-11(12)13(16)14(15)17/h5-6,9H,3-4,7-8H2,1-2H3. The number of nitrogens with zero attached hydrogens (tertiary/aromatic N) is 1. The summed E-state index contributed by atoms with van der Waals surface area (Å²) in [5.41, 5.74) is 2.35. The van der Waals surface area contributed by atoms with E-state index >= 15 is 0 Å². The van der Waals surface area contributed by atoms with Crippen LogP contribution in [0.3, 0.4) is 0 Å². The molecular weight excluding hydrogens is 246 g/mol. The lowest BCUT2D eigenvalue weighted by Crippen LogP contribution is -2.30. The Morgan fingerprint density at radius 3 is 2.78 bits per heavy atom. The van der Waals surface area contributed by atoms with Crippen molar-refractivity contribution in [1.82, 2.24) is 0 Å². The number of anilines is 1. The lowest BCUT2D eigenvalue weighted by atomic mass is 10.1. The van der Waals surface area contributed by atoms with Gasteiger partial charge in [-0.25, -0.2) is 0 Å². The highest BCUT2D eigenvalue weighted by Crippen LogP contribution is 2.29. The van der Waals surface area contributed by atoms with Gasteiger partial charge in [0.25, 0.3) is 11.7 Å². The van der Waals surface area contributed by atoms with Crippen LogP contribution >= 0.6 is 11.8 Å². The molecule has 3 nitrogen and oxygen atoms in total. The zero-order valence-electron chi connectivity index (χ0n) is 10.7. The van der Waals surface area contributed by atoms with Crippen LogP contribution in [-0.2, 0) is 4.79 Å². The second kappa shape index (κ2) is 5.57. The van der Waals surface area contributed by atoms with Gasteiger partial charge in [0.05, 0.1) is 11.3 Å². The molecule has 0 saturated heterocycles. The number of thioether (sulfide) groups is 1. The second-order valence-electron chi connectivity index (χ2n) is 4.36. The minimum atomic E-state index is -0.378. The number of aryl methyl sites for hydroxylation is 1. The fraction of sp³-hybridized carbons (Fsp3) is 0.429. The number of rotatable bonds is 5. The molecule has 1 aromatic carbocycles. The van der Waals surface area contributed by atoms with E-state index in [0.717, 1.165) is 29.2 Å². The number of carbonyl (C=O) groups excluding carboxylic acids is 2. The maximum atomic E-state index is 11.9. The molecule has 1 aliphatic rings. The van der Waals surface area contributed by atoms with Gasteiger partial charge in [-0.2, -0.15) is 11.8 Å². The SMILES string of the molecule is CCSCCCN1C(=O)C(=O)c2cc(C)ccc21. The van der Waals surface area contributed by atoms with Crippen LogP contribution in [0.15, 0.2) is 18.2 Å². The van der Waals surface area contributed by atoms with E-state index in [4.69, 9.17) is 0 Å². The minimum Gasteiger partial charge on any atom is -0.305 e. The van der Waals surface area contributed by atoms with E-state index < -0.39 is 0 Å². The highest BCUT2D eigenvalue weighted by molar-refractivity contribution is 7.99. The third-order valence-corrected chi connectivity index (χ3v) is 3.99. The third-order valence-electron chi connectivity index (χ3n) is 3.00. The molecular formula is C14H17NO2S. The number of ketones is 1. The first-order valence-corrected chi connectivity index (χ1v) is 7.35. The third kappa shape index (κ3) is 2.43. The molecule has 1 aromatic rings. The molecule has 4 heteroatoms. The molecule has 0 spiro atoms. The van der Waals surface area contributed by atoms with E-state index in [-0.39, 0.29) is 11.7 Å². The van der Waals surface area contributed by atoms with Crippen molar-refractivity contribution in [2.45, 2.75) is 20.3 Å². The van der Waals surface area contributed by atoms with Gasteiger partial charge in [-0.1, -0.05) is 18.6 Å². The van der Waals surface area contributed by atoms with Crippen LogP contribution in [0.5, 0.6) is 0 Å². The Kier molecular flexibility index (Phi) is 4.07. The molecule has 1 aliphatic heterocycles. The Labute approximate surface area is 112 Å². The highest BCUT2D eigenvalue weighted by Gasteiger charge is 2.35. The lowest BCUT2D eigenvalue weighted by molar-refractivity contribution is -0.114. The van der Waals surface area contributed by atoms with Gasteiger partial charge in [0, 0.05) is 6.54 Å². The van der Waals surface area contributed by atoms with Crippen molar-refractivity contribution in [3.63, 3.8) is 0 Å². The molecule has 18 heavy (non-hydrogen) atoms. The first kappa shape index (κ1) is 13.1. The minimum absolute atomic E-state index is 0.364. The first-order valence-electron chi connectivity index (χ1n) is 6.19. The topological polar surface area (TPSA) is 37.4 Å². The summed E-state index contributed by atoms with van der Waals surface area (Å²) in [5.74, 6) is 1.37. The normalized spacial score (nSPS) is 14.2. The monoisotopic (exact) mass is 263 g/mol. The summed E-state index contributed by atoms with van der Waals surface area (Å²) >= 11 is 1.85. The van der Waals surface area contributed by atoms with Crippen molar-refractivity contribution in [1.29, 1.82) is 0 Å². The van der Waals surface area contributed by atoms with Crippen molar-refractivity contribution in [3.05, 3.63) is 29.3 Å². The first-order chi connectivity index (χ1) is 8.65. The van der Waals surface area contributed by atoms with E-state index in [2.05, 4.69) is 6.92 Å². The van der Waals surface area contributed by atoms with Crippen molar-refractivity contribution in [2.24, 2.45) is 0 Å². The van der Waals surface area contributed by atoms with E-state index in [9.17, 15) is 9.59 Å². The summed E-state index contributed by atoms with van der Waals surface area (Å²) in [6.07, 6.45) is 0.921. The molecule has 1 heterocycles. The van der Waals surface area contributed by atoms with Crippen LogP contribution in [0, 0.1) is 6.92 Å². The number of hydrogen-bond donors (Lipinski definition) is 0. The summed E-state index contributed by atoms with van der Waals surface area (Å²) in [6, 6.07) is 5.62. The van der Waals surface area contributed by atoms with Crippen LogP contribution in [0.2, 0.25) is 0 Å². The van der Waals surface area contributed by atoms with E-state index in [1.807, 2.05) is 30.8 Å². The zero-order valence-corrected chi connectivity index (χ0v) is 11.5. The highest BCUT2D eigenvalue weighted by atomic mass is 32.2. The number of benzene rings is 1. The van der Waals surface area contributed by atoms with E-state index in [1.54, 1.807) is 11.0 Å². The molecule has 1 amide bonds. The Bertz CT molecular complexity index is 485. The van der Waals surface area contributed by atoms with Gasteiger partial charge in [0.15, 0.2) is 0 Å². The van der Waals surface area contributed by atoms with Gasteiger partial charge in [0.2, 0.25) is 0 Å². The van der Waals surface area contributed by atoms with Crippen LogP contribution in [0.4, 0.5) is 5.69 Å². The average Bonchev–Trinajstić information content (AvgIpc) is 2.59. The predicted molar refractivity (Wildman–Crippen MR) is 75.5 cm³/mol. The maximum Gasteiger partial charge on any atom is 0.299 e. The van der Waals surface area contributed by atoms with Gasteiger partial charge < -0.3 is 4.90 Å². The average molecular weight is 263 g/mol. The molecule has 0 radical (unpaired) electrons. The zero-order chi connectivity index (χ0) is 13.1. The van der Waals surface area contributed by atoms with Crippen molar-refractivity contribution < 1.29 is 9.59 Å². The largest absolute Gasteiger partial charge is 0.305 e. The second-order valence-corrected chi connectivity index (χ2v) is 5.75. The van der Waals surface area contributed by atoms with Gasteiger partial charge in [-0.05, 0) is 37.0 Å². The Morgan fingerprint density at radius 2 is 2.06 bits per heavy atom. The van der Waals surface area contributed by atoms with Crippen LogP contribution in [0.1, 0.15) is 29.3 Å². The molecule has 0 aromatic heterocycles. The Balaban J connectivity index is 2.13. The van der Waals surface area contributed by atoms with Crippen LogP contribution in [0.25, 0.3) is 0 Å². The lowest BCUT2D eigenvalue weighted by Gasteiger charge is -2.16. The van der Waals surface area contributed by atoms with E-state index in [0.29, 0.717) is 12.1 Å². The van der Waals surface area contributed by atoms with Gasteiger partial charge in [-0.15, -0.1) is 0 Å². The molecule has 0 bridgehead atoms. The summed E-state index contributed by atoms with van der Waals surface area (Å²) in [4.78, 5) is 25.4. The Morgan fingerprint density at radius 1 is 1.28 bits per heavy atom. The quantitative estimate of drug-likeness (QED) is 0.605. The molecule has 0 fully saturated rings. The maximum absolute atomic E-state index is 11.9. The van der Waals surface area contributed by atoms with Gasteiger partial charge in [-0.3, -0.25) is 9.59 Å². The molecule has 0 N–H and O–H groups in total. The number of fused-ring (bicyclic) bond motifs is 1. The molecule has 0 saturated carbocycles. The summed E-state index contributed by atoms with van der Waals surface area (Å²) < 4.78 is 0. The van der Waals surface area contributed by atoms with Crippen LogP contribution in [-0.4, -0.2) is 29.7 Å². The number of Topliss-reactive ketones (excluding diaryl/α,β-unsaturated/α-hetero) is 1. The fourth-order valence-electron chi connectivity index (χ4n) is 2.11.